The molecule has 10 heteroatoms. The van der Waals surface area contributed by atoms with Crippen LogP contribution in [0, 0.1) is 0 Å². The Bertz CT molecular complexity index is 1730. The summed E-state index contributed by atoms with van der Waals surface area (Å²) in [6.45, 7) is 67.0. The molecule has 0 fully saturated rings. The van der Waals surface area contributed by atoms with Crippen LogP contribution in [-0.2, 0) is 14.3 Å². The van der Waals surface area contributed by atoms with Gasteiger partial charge in [0.15, 0.2) is 0 Å². The van der Waals surface area contributed by atoms with Crippen molar-refractivity contribution in [1.82, 2.24) is 0 Å². The standard InChI is InChI=1S/C48H92GeO2SSi6/c1-33(2)38-27-40(34(3)4)44(41(28-38)35(5)6)49(31-36(7)37(8)32-52(50)51-49)45-42(47(55(15,16)17)56(18,19)20)29-39(46(53(9,10)11)54(12,13)14)30-43(45)48(57(21,22)23)58(24,25)26/h27-30,33-35,46-48H,31-32H2,1-26H3/t49-,52?/m1/s1. The second kappa shape index (κ2) is 18.0. The molecule has 2 nitrogen and oxygen atoms in total. The molecule has 0 aromatic heterocycles. The second-order valence-electron chi connectivity index (χ2n) is 26.2. The molecule has 1 heterocycles. The third-order valence-electron chi connectivity index (χ3n) is 13.1. The minimum atomic E-state index is -4.21. The van der Waals surface area contributed by atoms with Gasteiger partial charge in [-0.1, -0.05) is 0 Å². The first kappa shape index (κ1) is 52.5. The molecule has 58 heavy (non-hydrogen) atoms. The van der Waals surface area contributed by atoms with Crippen molar-refractivity contribution in [3.8, 4) is 0 Å². The van der Waals surface area contributed by atoms with Crippen molar-refractivity contribution in [2.24, 2.45) is 0 Å². The molecular formula is C48H92GeO2SSi6. The van der Waals surface area contributed by atoms with Crippen LogP contribution in [0.25, 0.3) is 0 Å². The molecule has 0 N–H and O–H groups in total. The third kappa shape index (κ3) is 11.4. The molecule has 330 valence electrons. The van der Waals surface area contributed by atoms with Crippen LogP contribution in [0.3, 0.4) is 0 Å². The molecule has 0 amide bonds. The van der Waals surface area contributed by atoms with E-state index in [9.17, 15) is 0 Å². The number of benzene rings is 2. The monoisotopic (exact) mass is 974 g/mol. The van der Waals surface area contributed by atoms with Gasteiger partial charge >= 0.3 is 376 Å². The summed E-state index contributed by atoms with van der Waals surface area (Å²) in [5.74, 6) is 1.59. The van der Waals surface area contributed by atoms with Crippen molar-refractivity contribution in [2.45, 2.75) is 212 Å². The molecule has 1 aliphatic heterocycles. The van der Waals surface area contributed by atoms with E-state index in [-0.39, 0.29) is 0 Å². The van der Waals surface area contributed by atoms with Gasteiger partial charge in [0.25, 0.3) is 0 Å². The number of hydrogen-bond donors (Lipinski definition) is 0. The van der Waals surface area contributed by atoms with E-state index in [1.807, 2.05) is 0 Å². The summed E-state index contributed by atoms with van der Waals surface area (Å²) in [6, 6.07) is 10.9. The quantitative estimate of drug-likeness (QED) is 0.139. The fraction of sp³-hybridized carbons (Fsp3) is 0.708. The van der Waals surface area contributed by atoms with Gasteiger partial charge in [0.1, 0.15) is 0 Å². The van der Waals surface area contributed by atoms with Crippen molar-refractivity contribution in [2.75, 3.05) is 5.75 Å². The zero-order valence-corrected chi connectivity index (χ0v) is 51.8. The van der Waals surface area contributed by atoms with Crippen molar-refractivity contribution >= 4 is 81.9 Å². The predicted octanol–water partition coefficient (Wildman–Crippen LogP) is 14.7. The Morgan fingerprint density at radius 2 is 0.776 bits per heavy atom. The van der Waals surface area contributed by atoms with E-state index in [1.165, 1.54) is 32.2 Å². The van der Waals surface area contributed by atoms with Crippen LogP contribution in [0.5, 0.6) is 0 Å². The maximum atomic E-state index is 15.1. The normalized spacial score (nSPS) is 19.8. The van der Waals surface area contributed by atoms with Crippen molar-refractivity contribution in [3.05, 3.63) is 68.8 Å². The second-order valence-corrected chi connectivity index (χ2v) is 68.2. The first-order chi connectivity index (χ1) is 25.8. The van der Waals surface area contributed by atoms with Gasteiger partial charge in [-0.05, 0) is 0 Å². The van der Waals surface area contributed by atoms with E-state index in [1.54, 1.807) is 21.1 Å². The van der Waals surface area contributed by atoms with E-state index >= 15 is 4.21 Å². The molecule has 0 radical (unpaired) electrons. The minimum absolute atomic E-state index is 0.322. The average molecular weight is 974 g/mol. The van der Waals surface area contributed by atoms with Gasteiger partial charge in [0, 0.05) is 0 Å². The van der Waals surface area contributed by atoms with Gasteiger partial charge in [-0.2, -0.15) is 0 Å². The Labute approximate surface area is 372 Å². The van der Waals surface area contributed by atoms with Crippen molar-refractivity contribution < 1.29 is 7.42 Å². The Balaban J connectivity index is 3.13. The molecule has 3 rings (SSSR count). The summed E-state index contributed by atoms with van der Waals surface area (Å²) in [5.41, 5.74) is 12.1. The topological polar surface area (TPSA) is 26.3 Å². The molecule has 0 saturated carbocycles. The SMILES string of the molecule is CC1=C(C)[CH2][Ge@@]([c]2c(C(C)C)cc(C(C)C)cc2C(C)C)([c]2c(C([Si](C)(C)C)[Si](C)(C)C)cc(C([Si](C)(C)C)[Si](C)(C)C)cc2C([Si](C)(C)C)[Si](C)(C)C)[O]S(=O)C1. The maximum absolute atomic E-state index is 15.1. The summed E-state index contributed by atoms with van der Waals surface area (Å²) >= 11 is -5.63. The van der Waals surface area contributed by atoms with Gasteiger partial charge in [-0.15, -0.1) is 0 Å². The molecule has 2 aromatic rings. The van der Waals surface area contributed by atoms with E-state index in [0.717, 1.165) is 5.25 Å². The fourth-order valence-electron chi connectivity index (χ4n) is 12.4. The zero-order chi connectivity index (χ0) is 45.3. The van der Waals surface area contributed by atoms with Gasteiger partial charge in [-0.3, -0.25) is 0 Å². The van der Waals surface area contributed by atoms with Crippen molar-refractivity contribution in [1.29, 1.82) is 0 Å². The Morgan fingerprint density at radius 1 is 0.466 bits per heavy atom. The molecule has 0 saturated heterocycles. The average Bonchev–Trinajstić information content (AvgIpc) is 3.06. The summed E-state index contributed by atoms with van der Waals surface area (Å²) < 4.78 is 26.2. The van der Waals surface area contributed by atoms with Crippen LogP contribution >= 0.6 is 0 Å². The number of allylic oxidation sites excluding steroid dienone is 1. The fourth-order valence-corrected chi connectivity index (χ4v) is 66.6. The molecule has 1 unspecified atom stereocenters. The van der Waals surface area contributed by atoms with Crippen molar-refractivity contribution in [3.63, 3.8) is 0 Å². The van der Waals surface area contributed by atoms with Crippen LogP contribution in [0.4, 0.5) is 0 Å². The Morgan fingerprint density at radius 3 is 1.07 bits per heavy atom. The summed E-state index contributed by atoms with van der Waals surface area (Å²) in [4.78, 5) is 0. The molecule has 1 aliphatic rings. The van der Waals surface area contributed by atoms with E-state index in [4.69, 9.17) is 3.21 Å². The van der Waals surface area contributed by atoms with Gasteiger partial charge < -0.3 is 0 Å². The van der Waals surface area contributed by atoms with Gasteiger partial charge in [0.05, 0.1) is 0 Å². The molecule has 0 bridgehead atoms. The summed E-state index contributed by atoms with van der Waals surface area (Å²) in [5, 5.41) is 2.64. The van der Waals surface area contributed by atoms with E-state index in [0.29, 0.717) is 39.0 Å². The summed E-state index contributed by atoms with van der Waals surface area (Å²) in [6.07, 6.45) is 0. The van der Waals surface area contributed by atoms with E-state index < -0.39 is 73.1 Å². The number of hydrogen-bond acceptors (Lipinski definition) is 2. The van der Waals surface area contributed by atoms with E-state index in [2.05, 4.69) is 198 Å². The Kier molecular flexibility index (Phi) is 16.2. The number of rotatable bonds is 14. The predicted molar refractivity (Wildman–Crippen MR) is 286 cm³/mol. The molecule has 2 atom stereocenters. The van der Waals surface area contributed by atoms with Crippen LogP contribution in [-0.4, -0.2) is 72.0 Å². The zero-order valence-electron chi connectivity index (χ0n) is 42.9. The van der Waals surface area contributed by atoms with Crippen LogP contribution in [0.2, 0.25) is 123 Å². The molecule has 2 aromatic carbocycles. The Hall–Kier alpha value is 0.134. The summed E-state index contributed by atoms with van der Waals surface area (Å²) in [7, 11) is -10.7. The van der Waals surface area contributed by atoms with Crippen LogP contribution in [0.15, 0.2) is 35.4 Å². The molecule has 0 spiro atoms. The van der Waals surface area contributed by atoms with Gasteiger partial charge in [-0.25, -0.2) is 0 Å². The third-order valence-corrected chi connectivity index (χ3v) is 53.1. The van der Waals surface area contributed by atoms with Crippen LogP contribution in [0.1, 0.15) is 122 Å². The van der Waals surface area contributed by atoms with Crippen LogP contribution < -0.4 is 8.79 Å². The first-order valence-corrected chi connectivity index (χ1v) is 50.0. The molecule has 0 aliphatic carbocycles. The van der Waals surface area contributed by atoms with Gasteiger partial charge in [0.2, 0.25) is 0 Å². The molecular weight excluding hydrogens is 882 g/mol. The first-order valence-electron chi connectivity index (χ1n) is 22.9.